The van der Waals surface area contributed by atoms with Crippen LogP contribution < -0.4 is 0 Å². The van der Waals surface area contributed by atoms with Crippen LogP contribution in [0.25, 0.3) is 0 Å². The Hall–Kier alpha value is -1.80. The van der Waals surface area contributed by atoms with Gasteiger partial charge in [0.25, 0.3) is 0 Å². The second-order valence-corrected chi connectivity index (χ2v) is 16.8. The van der Waals surface area contributed by atoms with Crippen molar-refractivity contribution in [3.63, 3.8) is 0 Å². The number of phosphoric acid groups is 1. The first-order chi connectivity index (χ1) is 26.1. The molecule has 9 heteroatoms. The van der Waals surface area contributed by atoms with E-state index >= 15 is 0 Å². The molecule has 2 atom stereocenters. The fourth-order valence-corrected chi connectivity index (χ4v) is 6.22. The van der Waals surface area contributed by atoms with Gasteiger partial charge in [0.15, 0.2) is 0 Å². The molecule has 2 unspecified atom stereocenters. The van der Waals surface area contributed by atoms with E-state index in [-0.39, 0.29) is 25.8 Å². The fourth-order valence-electron chi connectivity index (χ4n) is 5.48. The van der Waals surface area contributed by atoms with Gasteiger partial charge in [-0.15, -0.1) is 0 Å². The molecular weight excluding hydrogens is 697 g/mol. The van der Waals surface area contributed by atoms with Crippen molar-refractivity contribution in [3.05, 3.63) is 60.8 Å². The van der Waals surface area contributed by atoms with E-state index < -0.39 is 13.9 Å². The molecule has 0 spiro atoms. The molecule has 54 heavy (non-hydrogen) atoms. The Bertz CT molecular complexity index is 1050. The summed E-state index contributed by atoms with van der Waals surface area (Å²) in [5.74, 6) is -0.341. The number of esters is 1. The summed E-state index contributed by atoms with van der Waals surface area (Å²) in [7, 11) is 1.64. The largest absolute Gasteiger partial charge is 0.472 e. The zero-order valence-electron chi connectivity index (χ0n) is 35.4. The Morgan fingerprint density at radius 2 is 1.07 bits per heavy atom. The zero-order valence-corrected chi connectivity index (χ0v) is 36.3. The van der Waals surface area contributed by atoms with E-state index in [0.29, 0.717) is 24.1 Å². The Balaban J connectivity index is 4.32. The standard InChI is InChI=1S/C45H82NO7P/c1-6-8-10-12-14-16-18-20-22-23-24-26-28-30-32-34-36-38-45(47)53-44(43-52-54(48,49)51-41-39-46(3,4)5)42-50-40-37-35-33-31-29-27-25-21-19-17-15-13-11-9-7-2/h8,10,14,16,19-22,24,26,44H,6-7,9,11-13,15,17-18,23,25,27-43H2,1-5H3/p+1/b10-8-,16-14-,21-19-,22-20-,26-24-. The molecular formula is C45H83NO7P+. The predicted octanol–water partition coefficient (Wildman–Crippen LogP) is 12.5. The number of quaternary nitrogens is 1. The summed E-state index contributed by atoms with van der Waals surface area (Å²) in [5.41, 5.74) is 0. The highest BCUT2D eigenvalue weighted by atomic mass is 31.2. The number of rotatable bonds is 39. The molecule has 314 valence electrons. The third-order valence-corrected chi connectivity index (χ3v) is 9.80. The molecule has 0 aliphatic heterocycles. The van der Waals surface area contributed by atoms with Crippen molar-refractivity contribution in [1.29, 1.82) is 0 Å². The minimum atomic E-state index is -4.28. The predicted molar refractivity (Wildman–Crippen MR) is 229 cm³/mol. The van der Waals surface area contributed by atoms with E-state index in [9.17, 15) is 14.3 Å². The zero-order chi connectivity index (χ0) is 39.9. The van der Waals surface area contributed by atoms with Gasteiger partial charge >= 0.3 is 13.8 Å². The number of likely N-dealkylation sites (N-methyl/N-ethyl adjacent to an activating group) is 1. The van der Waals surface area contributed by atoms with Crippen molar-refractivity contribution in [3.8, 4) is 0 Å². The number of ether oxygens (including phenoxy) is 2. The van der Waals surface area contributed by atoms with Crippen LogP contribution in [0, 0.1) is 0 Å². The lowest BCUT2D eigenvalue weighted by Crippen LogP contribution is -2.37. The first-order valence-corrected chi connectivity index (χ1v) is 23.0. The van der Waals surface area contributed by atoms with Gasteiger partial charge in [0, 0.05) is 13.0 Å². The van der Waals surface area contributed by atoms with Crippen molar-refractivity contribution in [2.24, 2.45) is 0 Å². The van der Waals surface area contributed by atoms with Gasteiger partial charge in [0.2, 0.25) is 0 Å². The van der Waals surface area contributed by atoms with Crippen molar-refractivity contribution in [2.45, 2.75) is 168 Å². The monoisotopic (exact) mass is 781 g/mol. The summed E-state index contributed by atoms with van der Waals surface area (Å²) in [6.07, 6.45) is 46.8. The molecule has 0 fully saturated rings. The summed E-state index contributed by atoms with van der Waals surface area (Å²) >= 11 is 0. The van der Waals surface area contributed by atoms with Crippen molar-refractivity contribution >= 4 is 13.8 Å². The van der Waals surface area contributed by atoms with Crippen LogP contribution in [0.1, 0.15) is 162 Å². The molecule has 0 aromatic rings. The highest BCUT2D eigenvalue weighted by Crippen LogP contribution is 2.43. The van der Waals surface area contributed by atoms with Crippen LogP contribution in [0.5, 0.6) is 0 Å². The molecule has 0 aliphatic carbocycles. The lowest BCUT2D eigenvalue weighted by Gasteiger charge is -2.24. The van der Waals surface area contributed by atoms with E-state index in [1.807, 2.05) is 21.1 Å². The topological polar surface area (TPSA) is 91.3 Å². The molecule has 0 bridgehead atoms. The number of phosphoric ester groups is 1. The molecule has 1 N–H and O–H groups in total. The van der Waals surface area contributed by atoms with Gasteiger partial charge in [-0.1, -0.05) is 139 Å². The molecule has 0 amide bonds. The summed E-state index contributed by atoms with van der Waals surface area (Å²) in [6.45, 7) is 5.44. The first kappa shape index (κ1) is 52.2. The molecule has 0 saturated heterocycles. The summed E-state index contributed by atoms with van der Waals surface area (Å²) in [4.78, 5) is 22.9. The third-order valence-electron chi connectivity index (χ3n) is 8.81. The molecule has 0 aliphatic rings. The number of hydrogen-bond donors (Lipinski definition) is 1. The third kappa shape index (κ3) is 41.4. The van der Waals surface area contributed by atoms with E-state index in [1.165, 1.54) is 70.6 Å². The minimum Gasteiger partial charge on any atom is -0.457 e. The molecule has 0 aromatic heterocycles. The average molecular weight is 781 g/mol. The van der Waals surface area contributed by atoms with Gasteiger partial charge in [0.05, 0.1) is 34.4 Å². The SMILES string of the molecule is CC/C=C\C/C=C\C/C=C\C/C=C\CCCCCCC(=O)OC(COCCCCCCCC/C=C\CCCCCCC)COP(=O)(O)OCC[N+](C)(C)C. The van der Waals surface area contributed by atoms with Crippen LogP contribution in [0.3, 0.4) is 0 Å². The van der Waals surface area contributed by atoms with Crippen molar-refractivity contribution in [1.82, 2.24) is 0 Å². The number of unbranched alkanes of at least 4 members (excludes halogenated alkanes) is 15. The second kappa shape index (κ2) is 38.1. The lowest BCUT2D eigenvalue weighted by atomic mass is 10.1. The number of carbonyl (C=O) groups is 1. The van der Waals surface area contributed by atoms with Gasteiger partial charge in [-0.3, -0.25) is 13.8 Å². The van der Waals surface area contributed by atoms with E-state index in [4.69, 9.17) is 18.5 Å². The van der Waals surface area contributed by atoms with Crippen LogP contribution in [-0.2, 0) is 27.9 Å². The van der Waals surface area contributed by atoms with Gasteiger partial charge < -0.3 is 18.9 Å². The maximum atomic E-state index is 12.7. The van der Waals surface area contributed by atoms with Crippen molar-refractivity contribution < 1.29 is 37.3 Å². The highest BCUT2D eigenvalue weighted by Gasteiger charge is 2.26. The maximum absolute atomic E-state index is 12.7. The highest BCUT2D eigenvalue weighted by molar-refractivity contribution is 7.47. The van der Waals surface area contributed by atoms with Crippen LogP contribution in [0.2, 0.25) is 0 Å². The maximum Gasteiger partial charge on any atom is 0.472 e. The molecule has 8 nitrogen and oxygen atoms in total. The van der Waals surface area contributed by atoms with Crippen molar-refractivity contribution in [2.75, 3.05) is 54.1 Å². The van der Waals surface area contributed by atoms with Gasteiger partial charge in [-0.25, -0.2) is 4.57 Å². The molecule has 0 rings (SSSR count). The number of hydrogen-bond acceptors (Lipinski definition) is 6. The summed E-state index contributed by atoms with van der Waals surface area (Å²) in [6, 6.07) is 0. The molecule has 0 radical (unpaired) electrons. The average Bonchev–Trinajstić information content (AvgIpc) is 3.12. The van der Waals surface area contributed by atoms with E-state index in [2.05, 4.69) is 74.6 Å². The molecule has 0 aromatic carbocycles. The summed E-state index contributed by atoms with van der Waals surface area (Å²) < 4.78 is 34.9. The van der Waals surface area contributed by atoms with Crippen LogP contribution in [0.15, 0.2) is 60.8 Å². The van der Waals surface area contributed by atoms with E-state index in [1.54, 1.807) is 0 Å². The number of carbonyl (C=O) groups excluding carboxylic acids is 1. The Morgan fingerprint density at radius 3 is 1.63 bits per heavy atom. The van der Waals surface area contributed by atoms with Gasteiger partial charge in [0.1, 0.15) is 19.3 Å². The van der Waals surface area contributed by atoms with E-state index in [0.717, 1.165) is 70.6 Å². The summed E-state index contributed by atoms with van der Waals surface area (Å²) in [5, 5.41) is 0. The minimum absolute atomic E-state index is 0.0798. The normalized spacial score (nSPS) is 14.4. The number of allylic oxidation sites excluding steroid dienone is 10. The van der Waals surface area contributed by atoms with Crippen LogP contribution >= 0.6 is 7.82 Å². The molecule has 0 heterocycles. The Kier molecular flexibility index (Phi) is 36.8. The Labute approximate surface area is 332 Å². The van der Waals surface area contributed by atoms with Crippen LogP contribution in [-0.4, -0.2) is 75.6 Å². The van der Waals surface area contributed by atoms with Gasteiger partial charge in [-0.2, -0.15) is 0 Å². The first-order valence-electron chi connectivity index (χ1n) is 21.5. The van der Waals surface area contributed by atoms with Gasteiger partial charge in [-0.05, 0) is 77.0 Å². The fraction of sp³-hybridized carbons (Fsp3) is 0.756. The second-order valence-electron chi connectivity index (χ2n) is 15.3. The molecule has 0 saturated carbocycles. The lowest BCUT2D eigenvalue weighted by molar-refractivity contribution is -0.870. The smallest absolute Gasteiger partial charge is 0.457 e. The van der Waals surface area contributed by atoms with Crippen LogP contribution in [0.4, 0.5) is 0 Å². The Morgan fingerprint density at radius 1 is 0.593 bits per heavy atom. The quantitative estimate of drug-likeness (QED) is 0.0218. The number of nitrogens with zero attached hydrogens (tertiary/aromatic N) is 1.